The number of hydrogen-bond acceptors (Lipinski definition) is 5. The lowest BCUT2D eigenvalue weighted by Gasteiger charge is -2.31. The number of nitrogens with zero attached hydrogens (tertiary/aromatic N) is 2. The molecule has 2 heterocycles. The van der Waals surface area contributed by atoms with Crippen LogP contribution in [0.15, 0.2) is 36.5 Å². The molecule has 8 heteroatoms. The smallest absolute Gasteiger partial charge is 0.247 e. The fourth-order valence-corrected chi connectivity index (χ4v) is 3.83. The molecule has 1 saturated heterocycles. The largest absolute Gasteiger partial charge is 0.343 e. The number of carbonyl (C=O) groups is 3. The SMILES string of the molecule is CN[C@H](C)C(=O)N[C@H](C(=O)N1CCC[C@H]1C(=O)Nc1cccc2ncccc12)C(C)C. The number of amides is 3. The molecule has 1 fully saturated rings. The first kappa shape index (κ1) is 22.7. The molecule has 0 aliphatic carbocycles. The van der Waals surface area contributed by atoms with Crippen LogP contribution >= 0.6 is 0 Å². The summed E-state index contributed by atoms with van der Waals surface area (Å²) < 4.78 is 0. The van der Waals surface area contributed by atoms with E-state index in [2.05, 4.69) is 20.9 Å². The molecule has 3 N–H and O–H groups in total. The highest BCUT2D eigenvalue weighted by atomic mass is 16.2. The molecule has 0 saturated carbocycles. The maximum Gasteiger partial charge on any atom is 0.247 e. The monoisotopic (exact) mass is 425 g/mol. The van der Waals surface area contributed by atoms with Crippen LogP contribution in [0.5, 0.6) is 0 Å². The van der Waals surface area contributed by atoms with Crippen molar-refractivity contribution in [3.05, 3.63) is 36.5 Å². The summed E-state index contributed by atoms with van der Waals surface area (Å²) in [6.45, 7) is 6.01. The number of pyridine rings is 1. The summed E-state index contributed by atoms with van der Waals surface area (Å²) in [6.07, 6.45) is 3.04. The van der Waals surface area contributed by atoms with Crippen LogP contribution in [0.25, 0.3) is 10.9 Å². The van der Waals surface area contributed by atoms with Gasteiger partial charge < -0.3 is 20.9 Å². The topological polar surface area (TPSA) is 103 Å². The number of likely N-dealkylation sites (tertiary alicyclic amines) is 1. The molecule has 1 aromatic heterocycles. The average Bonchev–Trinajstić information content (AvgIpc) is 3.26. The highest BCUT2D eigenvalue weighted by Gasteiger charge is 2.39. The van der Waals surface area contributed by atoms with Gasteiger partial charge in [-0.25, -0.2) is 0 Å². The van der Waals surface area contributed by atoms with Crippen molar-refractivity contribution >= 4 is 34.3 Å². The molecule has 1 aliphatic heterocycles. The van der Waals surface area contributed by atoms with Crippen LogP contribution in [0.2, 0.25) is 0 Å². The molecule has 31 heavy (non-hydrogen) atoms. The van der Waals surface area contributed by atoms with Gasteiger partial charge in [0.05, 0.1) is 17.2 Å². The predicted octanol–water partition coefficient (Wildman–Crippen LogP) is 1.91. The molecule has 3 atom stereocenters. The van der Waals surface area contributed by atoms with Gasteiger partial charge in [-0.2, -0.15) is 0 Å². The summed E-state index contributed by atoms with van der Waals surface area (Å²) >= 11 is 0. The minimum atomic E-state index is -0.682. The van der Waals surface area contributed by atoms with Crippen LogP contribution in [0.1, 0.15) is 33.6 Å². The van der Waals surface area contributed by atoms with Crippen molar-refractivity contribution in [2.45, 2.75) is 51.7 Å². The maximum absolute atomic E-state index is 13.3. The third kappa shape index (κ3) is 5.02. The third-order valence-corrected chi connectivity index (χ3v) is 5.80. The zero-order valence-electron chi connectivity index (χ0n) is 18.5. The van der Waals surface area contributed by atoms with Crippen molar-refractivity contribution < 1.29 is 14.4 Å². The van der Waals surface area contributed by atoms with E-state index in [0.29, 0.717) is 18.7 Å². The Morgan fingerprint density at radius 1 is 1.13 bits per heavy atom. The second-order valence-electron chi connectivity index (χ2n) is 8.30. The Morgan fingerprint density at radius 3 is 2.61 bits per heavy atom. The first-order valence-corrected chi connectivity index (χ1v) is 10.8. The zero-order chi connectivity index (χ0) is 22.5. The molecule has 0 bridgehead atoms. The van der Waals surface area contributed by atoms with E-state index in [1.165, 1.54) is 0 Å². The fourth-order valence-electron chi connectivity index (χ4n) is 3.83. The van der Waals surface area contributed by atoms with Gasteiger partial charge in [0.1, 0.15) is 12.1 Å². The van der Waals surface area contributed by atoms with Crippen molar-refractivity contribution in [2.24, 2.45) is 5.92 Å². The van der Waals surface area contributed by atoms with Crippen molar-refractivity contribution in [1.82, 2.24) is 20.5 Å². The van der Waals surface area contributed by atoms with Gasteiger partial charge in [-0.3, -0.25) is 19.4 Å². The van der Waals surface area contributed by atoms with Gasteiger partial charge in [-0.1, -0.05) is 19.9 Å². The first-order chi connectivity index (χ1) is 14.8. The number of hydrogen-bond donors (Lipinski definition) is 3. The van der Waals surface area contributed by atoms with E-state index in [1.807, 2.05) is 44.2 Å². The molecule has 8 nitrogen and oxygen atoms in total. The van der Waals surface area contributed by atoms with Gasteiger partial charge in [-0.15, -0.1) is 0 Å². The van der Waals surface area contributed by atoms with E-state index in [9.17, 15) is 14.4 Å². The Morgan fingerprint density at radius 2 is 1.90 bits per heavy atom. The number of rotatable bonds is 7. The molecule has 3 amide bonds. The number of likely N-dealkylation sites (N-methyl/N-ethyl adjacent to an activating group) is 1. The molecule has 0 radical (unpaired) electrons. The number of benzene rings is 1. The third-order valence-electron chi connectivity index (χ3n) is 5.80. The number of fused-ring (bicyclic) bond motifs is 1. The van der Waals surface area contributed by atoms with Crippen LogP contribution in [-0.4, -0.2) is 59.3 Å². The normalized spacial score (nSPS) is 18.1. The molecular formula is C23H31N5O3. The van der Waals surface area contributed by atoms with Gasteiger partial charge in [0.15, 0.2) is 0 Å². The van der Waals surface area contributed by atoms with Crippen molar-refractivity contribution in [3.63, 3.8) is 0 Å². The number of aromatic nitrogens is 1. The molecule has 3 rings (SSSR count). The van der Waals surface area contributed by atoms with Crippen LogP contribution in [0.4, 0.5) is 5.69 Å². The van der Waals surface area contributed by atoms with Crippen molar-refractivity contribution in [3.8, 4) is 0 Å². The second-order valence-corrected chi connectivity index (χ2v) is 8.30. The van der Waals surface area contributed by atoms with Crippen molar-refractivity contribution in [1.29, 1.82) is 0 Å². The van der Waals surface area contributed by atoms with Crippen LogP contribution in [0, 0.1) is 5.92 Å². The average molecular weight is 426 g/mol. The van der Waals surface area contributed by atoms with E-state index in [-0.39, 0.29) is 23.6 Å². The van der Waals surface area contributed by atoms with E-state index >= 15 is 0 Å². The molecule has 1 aromatic carbocycles. The molecular weight excluding hydrogens is 394 g/mol. The van der Waals surface area contributed by atoms with Crippen LogP contribution in [0.3, 0.4) is 0 Å². The predicted molar refractivity (Wildman–Crippen MR) is 120 cm³/mol. The fraction of sp³-hybridized carbons (Fsp3) is 0.478. The highest BCUT2D eigenvalue weighted by molar-refractivity contribution is 6.04. The lowest BCUT2D eigenvalue weighted by atomic mass is 10.0. The van der Waals surface area contributed by atoms with Gasteiger partial charge in [0, 0.05) is 18.1 Å². The van der Waals surface area contributed by atoms with E-state index in [4.69, 9.17) is 0 Å². The Bertz CT molecular complexity index is 956. The van der Waals surface area contributed by atoms with Crippen LogP contribution in [-0.2, 0) is 14.4 Å². The lowest BCUT2D eigenvalue weighted by Crippen LogP contribution is -2.56. The molecule has 1 aliphatic rings. The molecule has 2 aromatic rings. The lowest BCUT2D eigenvalue weighted by molar-refractivity contribution is -0.141. The molecule has 0 unspecified atom stereocenters. The van der Waals surface area contributed by atoms with Crippen LogP contribution < -0.4 is 16.0 Å². The Hall–Kier alpha value is -3.00. The molecule has 0 spiro atoms. The van der Waals surface area contributed by atoms with Gasteiger partial charge in [0.2, 0.25) is 17.7 Å². The van der Waals surface area contributed by atoms with E-state index in [1.54, 1.807) is 25.1 Å². The summed E-state index contributed by atoms with van der Waals surface area (Å²) in [5.41, 5.74) is 1.47. The van der Waals surface area contributed by atoms with Crippen molar-refractivity contribution in [2.75, 3.05) is 18.9 Å². The standard InChI is InChI=1S/C23H31N5O3/c1-14(2)20(27-21(29)15(3)24-4)23(31)28-13-7-11-19(28)22(30)26-18-10-5-9-17-16(18)8-6-12-25-17/h5-6,8-10,12,14-15,19-20,24H,7,11,13H2,1-4H3,(H,26,30)(H,27,29)/t15-,19+,20+/m1/s1. The maximum atomic E-state index is 13.3. The summed E-state index contributed by atoms with van der Waals surface area (Å²) in [6, 6.07) is 7.63. The minimum Gasteiger partial charge on any atom is -0.343 e. The summed E-state index contributed by atoms with van der Waals surface area (Å²) in [5, 5.41) is 9.55. The summed E-state index contributed by atoms with van der Waals surface area (Å²) in [5.74, 6) is -0.782. The number of carbonyl (C=O) groups excluding carboxylic acids is 3. The Balaban J connectivity index is 1.76. The first-order valence-electron chi connectivity index (χ1n) is 10.8. The quantitative estimate of drug-likeness (QED) is 0.629. The zero-order valence-corrected chi connectivity index (χ0v) is 18.5. The van der Waals surface area contributed by atoms with Gasteiger partial charge in [-0.05, 0) is 57.0 Å². The van der Waals surface area contributed by atoms with E-state index < -0.39 is 18.1 Å². The van der Waals surface area contributed by atoms with E-state index in [0.717, 1.165) is 17.3 Å². The second kappa shape index (κ2) is 9.87. The minimum absolute atomic E-state index is 0.103. The summed E-state index contributed by atoms with van der Waals surface area (Å²) in [7, 11) is 1.69. The Labute approximate surface area is 182 Å². The summed E-state index contributed by atoms with van der Waals surface area (Å²) in [4.78, 5) is 44.7. The highest BCUT2D eigenvalue weighted by Crippen LogP contribution is 2.25. The number of anilines is 1. The molecule has 166 valence electrons. The number of nitrogens with one attached hydrogen (secondary N) is 3. The van der Waals surface area contributed by atoms with Gasteiger partial charge >= 0.3 is 0 Å². The van der Waals surface area contributed by atoms with Gasteiger partial charge in [0.25, 0.3) is 0 Å². The Kier molecular flexibility index (Phi) is 7.22.